The summed E-state index contributed by atoms with van der Waals surface area (Å²) in [6.45, 7) is 7.12. The Labute approximate surface area is 121 Å². The minimum absolute atomic E-state index is 0.506. The summed E-state index contributed by atoms with van der Waals surface area (Å²) in [5.41, 5.74) is 9.28. The van der Waals surface area contributed by atoms with Crippen molar-refractivity contribution in [2.45, 2.75) is 33.1 Å². The standard InChI is InChI=1S/C18H23NO/c1-13(2)16-5-4-6-17(12-16)20-18-8-7-15(9-10-19)11-14(18)3/h4-8,11-13H,9-10,19H2,1-3H3. The maximum absolute atomic E-state index is 6.00. The second kappa shape index (κ2) is 6.58. The topological polar surface area (TPSA) is 35.2 Å². The Morgan fingerprint density at radius 1 is 1.10 bits per heavy atom. The molecule has 0 aliphatic rings. The van der Waals surface area contributed by atoms with Gasteiger partial charge in [-0.1, -0.05) is 38.1 Å². The molecule has 0 fully saturated rings. The fourth-order valence-corrected chi connectivity index (χ4v) is 2.21. The predicted molar refractivity (Wildman–Crippen MR) is 84.5 cm³/mol. The van der Waals surface area contributed by atoms with Crippen molar-refractivity contribution in [3.05, 3.63) is 59.2 Å². The Morgan fingerprint density at radius 3 is 2.55 bits per heavy atom. The summed E-state index contributed by atoms with van der Waals surface area (Å²) in [4.78, 5) is 0. The van der Waals surface area contributed by atoms with Gasteiger partial charge in [0.1, 0.15) is 11.5 Å². The molecule has 0 heterocycles. The Bertz CT molecular complexity index is 575. The van der Waals surface area contributed by atoms with Gasteiger partial charge in [0.25, 0.3) is 0 Å². The Balaban J connectivity index is 2.19. The SMILES string of the molecule is Cc1cc(CCN)ccc1Oc1cccc(C(C)C)c1. The van der Waals surface area contributed by atoms with Gasteiger partial charge in [0.15, 0.2) is 0 Å². The first kappa shape index (κ1) is 14.6. The highest BCUT2D eigenvalue weighted by Crippen LogP contribution is 2.28. The van der Waals surface area contributed by atoms with E-state index in [1.165, 1.54) is 11.1 Å². The minimum Gasteiger partial charge on any atom is -0.457 e. The van der Waals surface area contributed by atoms with E-state index in [2.05, 4.69) is 45.0 Å². The van der Waals surface area contributed by atoms with Crippen LogP contribution in [0.5, 0.6) is 11.5 Å². The first-order chi connectivity index (χ1) is 9.60. The molecule has 0 radical (unpaired) electrons. The molecule has 0 saturated heterocycles. The number of hydrogen-bond donors (Lipinski definition) is 1. The maximum Gasteiger partial charge on any atom is 0.130 e. The Hall–Kier alpha value is -1.80. The van der Waals surface area contributed by atoms with Crippen LogP contribution in [0.4, 0.5) is 0 Å². The van der Waals surface area contributed by atoms with Crippen LogP contribution in [-0.4, -0.2) is 6.54 Å². The van der Waals surface area contributed by atoms with Gasteiger partial charge in [-0.3, -0.25) is 0 Å². The molecule has 0 amide bonds. The van der Waals surface area contributed by atoms with Crippen molar-refractivity contribution in [1.82, 2.24) is 0 Å². The zero-order chi connectivity index (χ0) is 14.5. The van der Waals surface area contributed by atoms with Gasteiger partial charge in [0, 0.05) is 0 Å². The number of hydrogen-bond acceptors (Lipinski definition) is 2. The molecule has 106 valence electrons. The molecule has 2 rings (SSSR count). The summed E-state index contributed by atoms with van der Waals surface area (Å²) < 4.78 is 6.00. The second-order valence-corrected chi connectivity index (χ2v) is 5.47. The molecule has 2 heteroatoms. The highest BCUT2D eigenvalue weighted by Gasteiger charge is 2.05. The quantitative estimate of drug-likeness (QED) is 0.872. The first-order valence-electron chi connectivity index (χ1n) is 7.17. The third kappa shape index (κ3) is 3.61. The van der Waals surface area contributed by atoms with Crippen molar-refractivity contribution < 1.29 is 4.74 Å². The highest BCUT2D eigenvalue weighted by atomic mass is 16.5. The van der Waals surface area contributed by atoms with E-state index >= 15 is 0 Å². The van der Waals surface area contributed by atoms with E-state index in [1.54, 1.807) is 0 Å². The van der Waals surface area contributed by atoms with Gasteiger partial charge in [-0.05, 0) is 60.7 Å². The lowest BCUT2D eigenvalue weighted by molar-refractivity contribution is 0.477. The lowest BCUT2D eigenvalue weighted by atomic mass is 10.0. The number of benzene rings is 2. The van der Waals surface area contributed by atoms with Crippen LogP contribution in [0.25, 0.3) is 0 Å². The van der Waals surface area contributed by atoms with Gasteiger partial charge in [-0.15, -0.1) is 0 Å². The third-order valence-electron chi connectivity index (χ3n) is 3.42. The molecule has 0 aromatic heterocycles. The van der Waals surface area contributed by atoms with E-state index in [0.717, 1.165) is 23.5 Å². The molecule has 2 nitrogen and oxygen atoms in total. The van der Waals surface area contributed by atoms with Crippen LogP contribution in [0.2, 0.25) is 0 Å². The van der Waals surface area contributed by atoms with E-state index in [-0.39, 0.29) is 0 Å². The molecule has 0 unspecified atom stereocenters. The maximum atomic E-state index is 6.00. The van der Waals surface area contributed by atoms with Gasteiger partial charge in [0.2, 0.25) is 0 Å². The number of aryl methyl sites for hydroxylation is 1. The molecule has 0 atom stereocenters. The average molecular weight is 269 g/mol. The van der Waals surface area contributed by atoms with Crippen LogP contribution < -0.4 is 10.5 Å². The largest absolute Gasteiger partial charge is 0.457 e. The Morgan fingerprint density at radius 2 is 1.90 bits per heavy atom. The van der Waals surface area contributed by atoms with E-state index in [1.807, 2.05) is 18.2 Å². The van der Waals surface area contributed by atoms with Crippen LogP contribution in [-0.2, 0) is 6.42 Å². The molecule has 2 N–H and O–H groups in total. The molecule has 2 aromatic rings. The number of ether oxygens (including phenoxy) is 1. The third-order valence-corrected chi connectivity index (χ3v) is 3.42. The van der Waals surface area contributed by atoms with E-state index in [4.69, 9.17) is 10.5 Å². The van der Waals surface area contributed by atoms with Crippen molar-refractivity contribution in [3.8, 4) is 11.5 Å². The van der Waals surface area contributed by atoms with Crippen LogP contribution in [0.3, 0.4) is 0 Å². The van der Waals surface area contributed by atoms with E-state index in [0.29, 0.717) is 12.5 Å². The summed E-state index contributed by atoms with van der Waals surface area (Å²) in [7, 11) is 0. The molecular weight excluding hydrogens is 246 g/mol. The van der Waals surface area contributed by atoms with Gasteiger partial charge < -0.3 is 10.5 Å². The number of nitrogens with two attached hydrogens (primary N) is 1. The lowest BCUT2D eigenvalue weighted by Crippen LogP contribution is -2.02. The summed E-state index contributed by atoms with van der Waals surface area (Å²) in [5.74, 6) is 2.31. The molecular formula is C18H23NO. The fraction of sp³-hybridized carbons (Fsp3) is 0.333. The second-order valence-electron chi connectivity index (χ2n) is 5.47. The Kier molecular flexibility index (Phi) is 4.80. The minimum atomic E-state index is 0.506. The van der Waals surface area contributed by atoms with Crippen molar-refractivity contribution in [2.24, 2.45) is 5.73 Å². The molecule has 0 bridgehead atoms. The van der Waals surface area contributed by atoms with Crippen LogP contribution in [0, 0.1) is 6.92 Å². The molecule has 0 aliphatic heterocycles. The fourth-order valence-electron chi connectivity index (χ4n) is 2.21. The smallest absolute Gasteiger partial charge is 0.130 e. The van der Waals surface area contributed by atoms with Gasteiger partial charge >= 0.3 is 0 Å². The van der Waals surface area contributed by atoms with Gasteiger partial charge in [0.05, 0.1) is 0 Å². The van der Waals surface area contributed by atoms with Crippen LogP contribution in [0.1, 0.15) is 36.5 Å². The summed E-state index contributed by atoms with van der Waals surface area (Å²) in [5, 5.41) is 0. The van der Waals surface area contributed by atoms with E-state index in [9.17, 15) is 0 Å². The number of rotatable bonds is 5. The van der Waals surface area contributed by atoms with Crippen molar-refractivity contribution in [1.29, 1.82) is 0 Å². The molecule has 0 aliphatic carbocycles. The van der Waals surface area contributed by atoms with Crippen molar-refractivity contribution >= 4 is 0 Å². The van der Waals surface area contributed by atoms with Gasteiger partial charge in [-0.2, -0.15) is 0 Å². The molecule has 20 heavy (non-hydrogen) atoms. The zero-order valence-electron chi connectivity index (χ0n) is 12.5. The normalized spacial score (nSPS) is 10.8. The van der Waals surface area contributed by atoms with E-state index < -0.39 is 0 Å². The average Bonchev–Trinajstić information content (AvgIpc) is 2.42. The summed E-state index contributed by atoms with van der Waals surface area (Å²) >= 11 is 0. The zero-order valence-corrected chi connectivity index (χ0v) is 12.5. The molecule has 0 spiro atoms. The van der Waals surface area contributed by atoms with Crippen LogP contribution in [0.15, 0.2) is 42.5 Å². The van der Waals surface area contributed by atoms with Crippen molar-refractivity contribution in [2.75, 3.05) is 6.54 Å². The summed E-state index contributed by atoms with van der Waals surface area (Å²) in [6.07, 6.45) is 0.907. The van der Waals surface area contributed by atoms with Crippen molar-refractivity contribution in [3.63, 3.8) is 0 Å². The monoisotopic (exact) mass is 269 g/mol. The van der Waals surface area contributed by atoms with Gasteiger partial charge in [-0.25, -0.2) is 0 Å². The van der Waals surface area contributed by atoms with Crippen LogP contribution >= 0.6 is 0 Å². The predicted octanol–water partition coefficient (Wildman–Crippen LogP) is 4.41. The summed E-state index contributed by atoms with van der Waals surface area (Å²) in [6, 6.07) is 14.5. The first-order valence-corrected chi connectivity index (χ1v) is 7.17. The highest BCUT2D eigenvalue weighted by molar-refractivity contribution is 5.41. The lowest BCUT2D eigenvalue weighted by Gasteiger charge is -2.12. The molecule has 2 aromatic carbocycles. The molecule has 0 saturated carbocycles.